The average Bonchev–Trinajstić information content (AvgIpc) is 2.94. The van der Waals surface area contributed by atoms with Crippen LogP contribution in [0.1, 0.15) is 96.1 Å². The highest BCUT2D eigenvalue weighted by Crippen LogP contribution is 2.65. The van der Waals surface area contributed by atoms with Gasteiger partial charge in [0.2, 0.25) is 5.78 Å². The van der Waals surface area contributed by atoms with Crippen molar-refractivity contribution in [1.82, 2.24) is 0 Å². The normalized spacial score (nSPS) is 27.5. The van der Waals surface area contributed by atoms with E-state index in [0.29, 0.717) is 24.0 Å². The van der Waals surface area contributed by atoms with Crippen LogP contribution in [-0.2, 0) is 27.2 Å². The molecule has 2 aromatic carbocycles. The third-order valence-corrected chi connectivity index (χ3v) is 10.7. The number of Topliss-reactive ketones (excluding diaryl/α,β-unsaturated/α-hetero) is 4. The molecule has 0 aliphatic heterocycles. The summed E-state index contributed by atoms with van der Waals surface area (Å²) in [5, 5.41) is 46.4. The maximum atomic E-state index is 14.3. The smallest absolute Gasteiger partial charge is 0.209 e. The Morgan fingerprint density at radius 3 is 2.15 bits per heavy atom. The molecular weight excluding hydrogens is 596 g/mol. The first-order valence-electron chi connectivity index (χ1n) is 16.3. The summed E-state index contributed by atoms with van der Waals surface area (Å²) in [5.74, 6) is -5.21. The zero-order valence-electron chi connectivity index (χ0n) is 28.6. The van der Waals surface area contributed by atoms with E-state index in [1.165, 1.54) is 6.07 Å². The lowest BCUT2D eigenvalue weighted by Gasteiger charge is -2.59. The molecule has 0 heterocycles. The summed E-state index contributed by atoms with van der Waals surface area (Å²) in [6, 6.07) is 10.7. The van der Waals surface area contributed by atoms with Crippen molar-refractivity contribution in [3.8, 4) is 16.9 Å². The molecule has 0 saturated heterocycles. The molecule has 0 aromatic heterocycles. The number of aromatic hydroxyl groups is 1. The maximum absolute atomic E-state index is 14.3. The largest absolute Gasteiger partial charge is 0.511 e. The molecule has 0 fully saturated rings. The number of phenolic OH excluding ortho intramolecular Hbond substituents is 1. The number of fused-ring (bicyclic) bond motifs is 3. The summed E-state index contributed by atoms with van der Waals surface area (Å²) in [6.45, 7) is 14.4. The van der Waals surface area contributed by atoms with E-state index in [1.807, 2.05) is 24.3 Å². The second-order valence-corrected chi connectivity index (χ2v) is 15.9. The minimum atomic E-state index is -2.65. The van der Waals surface area contributed by atoms with Crippen LogP contribution in [-0.4, -0.2) is 49.2 Å². The van der Waals surface area contributed by atoms with Crippen LogP contribution in [0.4, 0.5) is 0 Å². The highest BCUT2D eigenvalue weighted by atomic mass is 16.3. The minimum Gasteiger partial charge on any atom is -0.511 e. The molecule has 2 aromatic rings. The molecule has 47 heavy (non-hydrogen) atoms. The Morgan fingerprint density at radius 2 is 1.60 bits per heavy atom. The topological polar surface area (TPSA) is 149 Å². The van der Waals surface area contributed by atoms with E-state index in [4.69, 9.17) is 0 Å². The van der Waals surface area contributed by atoms with Crippen molar-refractivity contribution in [2.45, 2.75) is 93.1 Å². The van der Waals surface area contributed by atoms with Crippen LogP contribution in [0.2, 0.25) is 0 Å². The Hall–Kier alpha value is -4.04. The van der Waals surface area contributed by atoms with Gasteiger partial charge in [-0.1, -0.05) is 78.8 Å². The predicted octanol–water partition coefficient (Wildman–Crippen LogP) is 6.95. The number of hydrogen-bond acceptors (Lipinski definition) is 8. The van der Waals surface area contributed by atoms with Gasteiger partial charge in [0.15, 0.2) is 17.2 Å². The molecule has 0 amide bonds. The van der Waals surface area contributed by atoms with E-state index in [1.54, 1.807) is 33.8 Å². The Kier molecular flexibility index (Phi) is 8.24. The van der Waals surface area contributed by atoms with Crippen LogP contribution < -0.4 is 0 Å². The molecule has 1 unspecified atom stereocenters. The summed E-state index contributed by atoms with van der Waals surface area (Å²) >= 11 is 0. The molecule has 0 spiro atoms. The summed E-state index contributed by atoms with van der Waals surface area (Å²) < 4.78 is 0. The van der Waals surface area contributed by atoms with Gasteiger partial charge in [-0.25, -0.2) is 0 Å². The molecular formula is C39H46O8. The van der Waals surface area contributed by atoms with Gasteiger partial charge in [-0.3, -0.25) is 19.2 Å². The Bertz CT molecular complexity index is 1770. The predicted molar refractivity (Wildman–Crippen MR) is 178 cm³/mol. The van der Waals surface area contributed by atoms with Crippen molar-refractivity contribution in [2.75, 3.05) is 0 Å². The van der Waals surface area contributed by atoms with Gasteiger partial charge in [0, 0.05) is 35.2 Å². The number of rotatable bonds is 7. The quantitative estimate of drug-likeness (QED) is 0.237. The van der Waals surface area contributed by atoms with Crippen LogP contribution in [0.15, 0.2) is 59.1 Å². The van der Waals surface area contributed by atoms with Crippen LogP contribution in [0, 0.1) is 28.1 Å². The number of carbonyl (C=O) groups excluding carboxylic acids is 4. The second-order valence-electron chi connectivity index (χ2n) is 15.9. The van der Waals surface area contributed by atoms with E-state index >= 15 is 0 Å². The van der Waals surface area contributed by atoms with Gasteiger partial charge in [0.05, 0.1) is 5.56 Å². The first-order valence-corrected chi connectivity index (χ1v) is 16.3. The SMILES string of the molecule is CC(=O)C1=C(O)C(C(C)C)[C@@]2(C)C[C@@]3(C)Cc4c(-c5ccc(CC(=O)CCC(C)(C)C)cc5)ccc(O)c4C(=O)C3=C(O)[C@@]2(O)C1=O. The van der Waals surface area contributed by atoms with Gasteiger partial charge in [-0.05, 0) is 65.8 Å². The average molecular weight is 643 g/mol. The zero-order chi connectivity index (χ0) is 35.0. The Labute approximate surface area is 276 Å². The van der Waals surface area contributed by atoms with E-state index in [2.05, 4.69) is 20.8 Å². The summed E-state index contributed by atoms with van der Waals surface area (Å²) in [6.07, 6.45) is 1.83. The zero-order valence-corrected chi connectivity index (χ0v) is 28.6. The van der Waals surface area contributed by atoms with Gasteiger partial charge in [-0.15, -0.1) is 0 Å². The lowest BCUT2D eigenvalue weighted by molar-refractivity contribution is -0.171. The maximum Gasteiger partial charge on any atom is 0.209 e. The molecule has 4 atom stereocenters. The number of ketones is 4. The van der Waals surface area contributed by atoms with Crippen molar-refractivity contribution in [2.24, 2.45) is 28.1 Å². The van der Waals surface area contributed by atoms with E-state index in [0.717, 1.165) is 24.5 Å². The van der Waals surface area contributed by atoms with Gasteiger partial charge in [-0.2, -0.15) is 0 Å². The first-order chi connectivity index (χ1) is 21.7. The highest BCUT2D eigenvalue weighted by Gasteiger charge is 2.71. The van der Waals surface area contributed by atoms with Gasteiger partial charge in [0.1, 0.15) is 28.6 Å². The van der Waals surface area contributed by atoms with E-state index in [9.17, 15) is 39.6 Å². The summed E-state index contributed by atoms with van der Waals surface area (Å²) in [5.41, 5.74) is -3.05. The van der Waals surface area contributed by atoms with Crippen molar-refractivity contribution >= 4 is 23.1 Å². The Morgan fingerprint density at radius 1 is 0.979 bits per heavy atom. The van der Waals surface area contributed by atoms with Crippen LogP contribution in [0.25, 0.3) is 11.1 Å². The molecule has 0 radical (unpaired) electrons. The first kappa shape index (κ1) is 34.3. The lowest BCUT2D eigenvalue weighted by atomic mass is 9.44. The van der Waals surface area contributed by atoms with Crippen molar-refractivity contribution < 1.29 is 39.6 Å². The molecule has 250 valence electrons. The molecule has 8 heteroatoms. The monoisotopic (exact) mass is 642 g/mol. The number of aliphatic hydroxyl groups is 3. The second kappa shape index (κ2) is 11.3. The fourth-order valence-electron chi connectivity index (χ4n) is 8.64. The Balaban J connectivity index is 1.61. The van der Waals surface area contributed by atoms with Crippen LogP contribution in [0.5, 0.6) is 5.75 Å². The molecule has 4 N–H and O–H groups in total. The standard InChI is InChI=1S/C39H46O8/c1-20(2)30-32(43)28(21(3)40)34(45)39(47)35(46)31-33(44)29-26(18-37(31,7)19-38(30,39)8)25(13-14-27(29)42)23-11-9-22(10-12-23)17-24(41)15-16-36(4,5)6/h9-14,20,30,42-43,46-47H,15-19H2,1-8H3/t30?,37-,38-,39+/m1/s1. The van der Waals surface area contributed by atoms with Crippen LogP contribution in [0.3, 0.4) is 0 Å². The lowest BCUT2D eigenvalue weighted by Crippen LogP contribution is -2.67. The molecule has 5 rings (SSSR count). The van der Waals surface area contributed by atoms with Crippen molar-refractivity contribution in [3.63, 3.8) is 0 Å². The number of aliphatic hydroxyl groups excluding tert-OH is 2. The highest BCUT2D eigenvalue weighted by molar-refractivity contribution is 6.25. The molecule has 3 aliphatic rings. The number of hydrogen-bond donors (Lipinski definition) is 4. The number of carbonyl (C=O) groups is 4. The van der Waals surface area contributed by atoms with E-state index < -0.39 is 56.8 Å². The number of benzene rings is 2. The number of phenols is 1. The summed E-state index contributed by atoms with van der Waals surface area (Å²) in [7, 11) is 0. The fraction of sp³-hybridized carbons (Fsp3) is 0.487. The minimum absolute atomic E-state index is 0.0234. The summed E-state index contributed by atoms with van der Waals surface area (Å²) in [4.78, 5) is 53.4. The molecule has 3 aliphatic carbocycles. The van der Waals surface area contributed by atoms with Gasteiger partial charge in [0.25, 0.3) is 0 Å². The fourth-order valence-corrected chi connectivity index (χ4v) is 8.64. The third kappa shape index (κ3) is 5.25. The molecule has 0 saturated carbocycles. The molecule has 0 bridgehead atoms. The van der Waals surface area contributed by atoms with Crippen molar-refractivity contribution in [3.05, 3.63) is 75.8 Å². The van der Waals surface area contributed by atoms with Crippen molar-refractivity contribution in [1.29, 1.82) is 0 Å². The third-order valence-electron chi connectivity index (χ3n) is 10.7. The molecule has 8 nitrogen and oxygen atoms in total. The van der Waals surface area contributed by atoms with E-state index in [-0.39, 0.29) is 46.8 Å². The van der Waals surface area contributed by atoms with Gasteiger partial charge >= 0.3 is 0 Å². The van der Waals surface area contributed by atoms with Gasteiger partial charge < -0.3 is 20.4 Å². The van der Waals surface area contributed by atoms with Crippen LogP contribution >= 0.6 is 0 Å². The number of allylic oxidation sites excluding steroid dienone is 2.